The Morgan fingerprint density at radius 3 is 2.74 bits per heavy atom. The topological polar surface area (TPSA) is 84.3 Å². The van der Waals surface area contributed by atoms with E-state index in [-0.39, 0.29) is 23.8 Å². The molecule has 1 amide bonds. The van der Waals surface area contributed by atoms with Crippen molar-refractivity contribution in [3.8, 4) is 0 Å². The molecule has 2 aromatic carbocycles. The molecule has 0 aliphatic carbocycles. The van der Waals surface area contributed by atoms with Crippen molar-refractivity contribution in [1.82, 2.24) is 0 Å². The van der Waals surface area contributed by atoms with Gasteiger partial charge in [0.05, 0.1) is 11.5 Å². The van der Waals surface area contributed by atoms with Crippen molar-refractivity contribution < 1.29 is 9.72 Å². The second kappa shape index (κ2) is 7.43. The van der Waals surface area contributed by atoms with Gasteiger partial charge in [0.1, 0.15) is 5.69 Å². The first-order valence-electron chi connectivity index (χ1n) is 6.61. The second-order valence-electron chi connectivity index (χ2n) is 4.73. The molecule has 6 nitrogen and oxygen atoms in total. The average Bonchev–Trinajstić information content (AvgIpc) is 2.50. The van der Waals surface area contributed by atoms with Crippen LogP contribution in [0.2, 0.25) is 5.02 Å². The number of hydrogen-bond acceptors (Lipinski definition) is 4. The molecule has 0 heterocycles. The highest BCUT2D eigenvalue weighted by molar-refractivity contribution is 9.10. The van der Waals surface area contributed by atoms with Gasteiger partial charge in [-0.05, 0) is 36.8 Å². The summed E-state index contributed by atoms with van der Waals surface area (Å²) in [6.45, 7) is 1.69. The summed E-state index contributed by atoms with van der Waals surface area (Å²) >= 11 is 9.17. The van der Waals surface area contributed by atoms with E-state index < -0.39 is 4.92 Å². The molecule has 2 N–H and O–H groups in total. The lowest BCUT2D eigenvalue weighted by molar-refractivity contribution is -0.384. The van der Waals surface area contributed by atoms with Crippen LogP contribution in [0.25, 0.3) is 0 Å². The van der Waals surface area contributed by atoms with E-state index in [4.69, 9.17) is 11.6 Å². The van der Waals surface area contributed by atoms with Crippen LogP contribution in [0.3, 0.4) is 0 Å². The van der Waals surface area contributed by atoms with Gasteiger partial charge in [0.2, 0.25) is 5.91 Å². The fraction of sp³-hybridized carbons (Fsp3) is 0.133. The Kier molecular flexibility index (Phi) is 5.57. The van der Waals surface area contributed by atoms with Crippen molar-refractivity contribution >= 4 is 50.5 Å². The summed E-state index contributed by atoms with van der Waals surface area (Å²) in [5.41, 5.74) is 1.54. The SMILES string of the molecule is Cc1c(Cl)cccc1NC(=O)CNc1ccc(Br)cc1[N+](=O)[O-]. The maximum atomic E-state index is 12.0. The molecule has 2 rings (SSSR count). The molecule has 0 saturated carbocycles. The smallest absolute Gasteiger partial charge is 0.293 e. The fourth-order valence-electron chi connectivity index (χ4n) is 1.92. The Morgan fingerprint density at radius 2 is 2.04 bits per heavy atom. The van der Waals surface area contributed by atoms with Crippen molar-refractivity contribution in [1.29, 1.82) is 0 Å². The number of rotatable bonds is 5. The van der Waals surface area contributed by atoms with Crippen LogP contribution in [0.5, 0.6) is 0 Å². The normalized spacial score (nSPS) is 10.2. The predicted octanol–water partition coefficient (Wildman–Crippen LogP) is 4.37. The third kappa shape index (κ3) is 4.43. The van der Waals surface area contributed by atoms with E-state index in [0.717, 1.165) is 5.56 Å². The molecule has 0 bridgehead atoms. The van der Waals surface area contributed by atoms with Crippen LogP contribution in [-0.4, -0.2) is 17.4 Å². The standard InChI is InChI=1S/C15H13BrClN3O3/c1-9-11(17)3-2-4-12(9)19-15(21)8-18-13-6-5-10(16)7-14(13)20(22)23/h2-7,18H,8H2,1H3,(H,19,21). The number of amides is 1. The number of nitro groups is 1. The van der Waals surface area contributed by atoms with Crippen LogP contribution >= 0.6 is 27.5 Å². The molecular formula is C15H13BrClN3O3. The van der Waals surface area contributed by atoms with Crippen LogP contribution in [0, 0.1) is 17.0 Å². The summed E-state index contributed by atoms with van der Waals surface area (Å²) in [6, 6.07) is 9.78. The molecule has 0 saturated heterocycles. The Labute approximate surface area is 146 Å². The first-order chi connectivity index (χ1) is 10.9. The summed E-state index contributed by atoms with van der Waals surface area (Å²) in [5, 5.41) is 17.1. The summed E-state index contributed by atoms with van der Waals surface area (Å²) < 4.78 is 0.591. The van der Waals surface area contributed by atoms with E-state index in [0.29, 0.717) is 15.2 Å². The third-order valence-electron chi connectivity index (χ3n) is 3.14. The van der Waals surface area contributed by atoms with Crippen LogP contribution in [-0.2, 0) is 4.79 Å². The molecule has 0 aliphatic rings. The van der Waals surface area contributed by atoms with Gasteiger partial charge in [-0.15, -0.1) is 0 Å². The molecule has 0 radical (unpaired) electrons. The lowest BCUT2D eigenvalue weighted by atomic mass is 10.2. The molecular weight excluding hydrogens is 386 g/mol. The number of nitrogens with zero attached hydrogens (tertiary/aromatic N) is 1. The van der Waals surface area contributed by atoms with Gasteiger partial charge < -0.3 is 10.6 Å². The Balaban J connectivity index is 2.05. The van der Waals surface area contributed by atoms with Gasteiger partial charge in [-0.3, -0.25) is 14.9 Å². The van der Waals surface area contributed by atoms with E-state index in [1.165, 1.54) is 6.07 Å². The number of hydrogen-bond donors (Lipinski definition) is 2. The number of carbonyl (C=O) groups is 1. The summed E-state index contributed by atoms with van der Waals surface area (Å²) in [7, 11) is 0. The van der Waals surface area contributed by atoms with Gasteiger partial charge in [-0.2, -0.15) is 0 Å². The summed E-state index contributed by atoms with van der Waals surface area (Å²) in [5.74, 6) is -0.326. The van der Waals surface area contributed by atoms with E-state index in [1.54, 1.807) is 37.3 Å². The van der Waals surface area contributed by atoms with Gasteiger partial charge >= 0.3 is 0 Å². The Morgan fingerprint density at radius 1 is 1.30 bits per heavy atom. The molecule has 0 unspecified atom stereocenters. The molecule has 0 fully saturated rings. The minimum Gasteiger partial charge on any atom is -0.371 e. The first-order valence-corrected chi connectivity index (χ1v) is 7.78. The van der Waals surface area contributed by atoms with Crippen LogP contribution < -0.4 is 10.6 Å². The molecule has 0 aliphatic heterocycles. The fourth-order valence-corrected chi connectivity index (χ4v) is 2.44. The number of halogens is 2. The zero-order valence-corrected chi connectivity index (χ0v) is 14.4. The van der Waals surface area contributed by atoms with Crippen molar-refractivity contribution in [3.05, 3.63) is 61.6 Å². The van der Waals surface area contributed by atoms with Gasteiger partial charge in [-0.25, -0.2) is 0 Å². The monoisotopic (exact) mass is 397 g/mol. The quantitative estimate of drug-likeness (QED) is 0.578. The number of nitro benzene ring substituents is 1. The van der Waals surface area contributed by atoms with Crippen molar-refractivity contribution in [2.45, 2.75) is 6.92 Å². The first kappa shape index (κ1) is 17.2. The van der Waals surface area contributed by atoms with E-state index in [1.807, 2.05) is 0 Å². The number of carbonyl (C=O) groups excluding carboxylic acids is 1. The van der Waals surface area contributed by atoms with E-state index in [9.17, 15) is 14.9 Å². The van der Waals surface area contributed by atoms with Gasteiger partial charge in [0.15, 0.2) is 0 Å². The lowest BCUT2D eigenvalue weighted by Gasteiger charge is -2.11. The third-order valence-corrected chi connectivity index (χ3v) is 4.04. The average molecular weight is 399 g/mol. The van der Waals surface area contributed by atoms with Crippen LogP contribution in [0.4, 0.5) is 17.1 Å². The van der Waals surface area contributed by atoms with Crippen LogP contribution in [0.1, 0.15) is 5.56 Å². The minimum absolute atomic E-state index is 0.103. The van der Waals surface area contributed by atoms with Crippen molar-refractivity contribution in [3.63, 3.8) is 0 Å². The predicted molar refractivity (Wildman–Crippen MR) is 94.1 cm³/mol. The molecule has 0 spiro atoms. The highest BCUT2D eigenvalue weighted by atomic mass is 79.9. The Hall–Kier alpha value is -2.12. The van der Waals surface area contributed by atoms with E-state index >= 15 is 0 Å². The Bertz CT molecular complexity index is 768. The number of anilines is 2. The molecule has 23 heavy (non-hydrogen) atoms. The van der Waals surface area contributed by atoms with Gasteiger partial charge in [0, 0.05) is 21.2 Å². The highest BCUT2D eigenvalue weighted by Crippen LogP contribution is 2.28. The second-order valence-corrected chi connectivity index (χ2v) is 6.06. The zero-order valence-electron chi connectivity index (χ0n) is 12.1. The molecule has 0 atom stereocenters. The van der Waals surface area contributed by atoms with Crippen molar-refractivity contribution in [2.24, 2.45) is 0 Å². The number of benzene rings is 2. The zero-order chi connectivity index (χ0) is 17.0. The molecule has 120 valence electrons. The van der Waals surface area contributed by atoms with Crippen LogP contribution in [0.15, 0.2) is 40.9 Å². The van der Waals surface area contributed by atoms with E-state index in [2.05, 4.69) is 26.6 Å². The highest BCUT2D eigenvalue weighted by Gasteiger charge is 2.15. The largest absolute Gasteiger partial charge is 0.371 e. The lowest BCUT2D eigenvalue weighted by Crippen LogP contribution is -2.22. The summed E-state index contributed by atoms with van der Waals surface area (Å²) in [6.07, 6.45) is 0. The summed E-state index contributed by atoms with van der Waals surface area (Å²) in [4.78, 5) is 22.5. The maximum absolute atomic E-state index is 12.0. The molecule has 0 aromatic heterocycles. The van der Waals surface area contributed by atoms with Gasteiger partial charge in [0.25, 0.3) is 5.69 Å². The van der Waals surface area contributed by atoms with Crippen molar-refractivity contribution in [2.75, 3.05) is 17.2 Å². The maximum Gasteiger partial charge on any atom is 0.293 e. The minimum atomic E-state index is -0.508. The molecule has 2 aromatic rings. The van der Waals surface area contributed by atoms with Gasteiger partial charge in [-0.1, -0.05) is 33.6 Å². The molecule has 8 heteroatoms. The number of nitrogens with one attached hydrogen (secondary N) is 2.